The number of halogens is 3. The van der Waals surface area contributed by atoms with Crippen molar-refractivity contribution in [2.45, 2.75) is 58.7 Å². The quantitative estimate of drug-likeness (QED) is 0.611. The normalized spacial score (nSPS) is 12.4. The van der Waals surface area contributed by atoms with Crippen molar-refractivity contribution in [1.29, 1.82) is 0 Å². The minimum atomic E-state index is -0.677. The van der Waals surface area contributed by atoms with Gasteiger partial charge in [0, 0.05) is 22.1 Å². The third-order valence-electron chi connectivity index (χ3n) is 4.51. The lowest BCUT2D eigenvalue weighted by Gasteiger charge is -2.33. The molecule has 0 heterocycles. The molecule has 1 N–H and O–H groups in total. The van der Waals surface area contributed by atoms with Crippen LogP contribution in [-0.2, 0) is 22.6 Å². The highest BCUT2D eigenvalue weighted by Crippen LogP contribution is 2.24. The summed E-state index contributed by atoms with van der Waals surface area (Å²) in [6, 6.07) is 10.1. The van der Waals surface area contributed by atoms with E-state index in [1.807, 2.05) is 27.7 Å². The van der Waals surface area contributed by atoms with Crippen molar-refractivity contribution >= 4 is 35.0 Å². The standard InChI is InChI=1S/C23H27Cl2FN2O2/c1-5-20(22(30)27-23(2,3)4)28(14-16-8-9-17(24)13-19(16)25)21(29)12-15-6-10-18(26)11-7-15/h6-11,13,20H,5,12,14H2,1-4H3,(H,27,30). The highest BCUT2D eigenvalue weighted by Gasteiger charge is 2.31. The lowest BCUT2D eigenvalue weighted by molar-refractivity contribution is -0.141. The average molecular weight is 453 g/mol. The second kappa shape index (κ2) is 10.3. The number of amides is 2. The zero-order valence-corrected chi connectivity index (χ0v) is 19.1. The van der Waals surface area contributed by atoms with E-state index in [4.69, 9.17) is 23.2 Å². The molecule has 0 spiro atoms. The van der Waals surface area contributed by atoms with Gasteiger partial charge in [-0.2, -0.15) is 0 Å². The molecule has 0 aromatic heterocycles. The number of rotatable bonds is 7. The van der Waals surface area contributed by atoms with Crippen LogP contribution < -0.4 is 5.32 Å². The second-order valence-corrected chi connectivity index (χ2v) is 9.07. The first kappa shape index (κ1) is 24.2. The fourth-order valence-electron chi connectivity index (χ4n) is 3.08. The molecular formula is C23H27Cl2FN2O2. The summed E-state index contributed by atoms with van der Waals surface area (Å²) in [5.41, 5.74) is 0.920. The molecule has 0 aliphatic carbocycles. The largest absolute Gasteiger partial charge is 0.350 e. The van der Waals surface area contributed by atoms with Crippen LogP contribution in [0.3, 0.4) is 0 Å². The zero-order valence-electron chi connectivity index (χ0n) is 17.6. The molecule has 4 nitrogen and oxygen atoms in total. The van der Waals surface area contributed by atoms with Gasteiger partial charge in [-0.15, -0.1) is 0 Å². The van der Waals surface area contributed by atoms with E-state index in [0.29, 0.717) is 27.6 Å². The molecule has 162 valence electrons. The van der Waals surface area contributed by atoms with E-state index in [0.717, 1.165) is 0 Å². The summed E-state index contributed by atoms with van der Waals surface area (Å²) >= 11 is 12.3. The van der Waals surface area contributed by atoms with Crippen LogP contribution in [0.4, 0.5) is 4.39 Å². The Morgan fingerprint density at radius 1 is 1.10 bits per heavy atom. The van der Waals surface area contributed by atoms with Crippen LogP contribution in [0.15, 0.2) is 42.5 Å². The molecule has 2 amide bonds. The first-order chi connectivity index (χ1) is 14.0. The van der Waals surface area contributed by atoms with Gasteiger partial charge in [0.05, 0.1) is 6.42 Å². The van der Waals surface area contributed by atoms with Gasteiger partial charge in [-0.05, 0) is 62.6 Å². The Labute approximate surface area is 187 Å². The predicted octanol–water partition coefficient (Wildman–Crippen LogP) is 5.40. The maximum absolute atomic E-state index is 13.2. The summed E-state index contributed by atoms with van der Waals surface area (Å²) < 4.78 is 13.2. The van der Waals surface area contributed by atoms with Crippen molar-refractivity contribution in [3.8, 4) is 0 Å². The summed E-state index contributed by atoms with van der Waals surface area (Å²) in [6.45, 7) is 7.68. The molecule has 30 heavy (non-hydrogen) atoms. The molecule has 2 rings (SSSR count). The lowest BCUT2D eigenvalue weighted by Crippen LogP contribution is -2.53. The van der Waals surface area contributed by atoms with E-state index in [2.05, 4.69) is 5.32 Å². The van der Waals surface area contributed by atoms with Gasteiger partial charge in [0.15, 0.2) is 0 Å². The Morgan fingerprint density at radius 2 is 1.73 bits per heavy atom. The topological polar surface area (TPSA) is 49.4 Å². The van der Waals surface area contributed by atoms with Gasteiger partial charge in [0.1, 0.15) is 11.9 Å². The Morgan fingerprint density at radius 3 is 2.27 bits per heavy atom. The van der Waals surface area contributed by atoms with Crippen molar-refractivity contribution in [3.05, 3.63) is 69.5 Å². The van der Waals surface area contributed by atoms with Crippen LogP contribution in [0.1, 0.15) is 45.2 Å². The van der Waals surface area contributed by atoms with E-state index in [-0.39, 0.29) is 30.6 Å². The molecule has 2 aromatic rings. The van der Waals surface area contributed by atoms with Gasteiger partial charge in [-0.1, -0.05) is 48.3 Å². The monoisotopic (exact) mass is 452 g/mol. The second-order valence-electron chi connectivity index (χ2n) is 8.22. The molecule has 1 atom stereocenters. The maximum Gasteiger partial charge on any atom is 0.243 e. The Kier molecular flexibility index (Phi) is 8.27. The van der Waals surface area contributed by atoms with Gasteiger partial charge in [-0.3, -0.25) is 9.59 Å². The number of carbonyl (C=O) groups excluding carboxylic acids is 2. The molecule has 0 radical (unpaired) electrons. The minimum absolute atomic E-state index is 0.0464. The van der Waals surface area contributed by atoms with Crippen molar-refractivity contribution < 1.29 is 14.0 Å². The fraction of sp³-hybridized carbons (Fsp3) is 0.391. The number of benzene rings is 2. The van der Waals surface area contributed by atoms with Crippen LogP contribution in [0, 0.1) is 5.82 Å². The maximum atomic E-state index is 13.2. The van der Waals surface area contributed by atoms with Crippen LogP contribution in [0.5, 0.6) is 0 Å². The van der Waals surface area contributed by atoms with Crippen molar-refractivity contribution in [1.82, 2.24) is 10.2 Å². The highest BCUT2D eigenvalue weighted by atomic mass is 35.5. The Balaban J connectivity index is 2.35. The summed E-state index contributed by atoms with van der Waals surface area (Å²) in [7, 11) is 0. The van der Waals surface area contributed by atoms with Crippen molar-refractivity contribution in [3.63, 3.8) is 0 Å². The summed E-state index contributed by atoms with van der Waals surface area (Å²) in [5, 5.41) is 3.87. The first-order valence-electron chi connectivity index (χ1n) is 9.80. The van der Waals surface area contributed by atoms with Gasteiger partial charge < -0.3 is 10.2 Å². The van der Waals surface area contributed by atoms with Crippen molar-refractivity contribution in [2.24, 2.45) is 0 Å². The summed E-state index contributed by atoms with van der Waals surface area (Å²) in [6.07, 6.45) is 0.479. The molecule has 0 saturated carbocycles. The van der Waals surface area contributed by atoms with Crippen LogP contribution in [0.2, 0.25) is 10.0 Å². The summed E-state index contributed by atoms with van der Waals surface area (Å²) in [4.78, 5) is 27.7. The highest BCUT2D eigenvalue weighted by molar-refractivity contribution is 6.35. The van der Waals surface area contributed by atoms with Gasteiger partial charge in [-0.25, -0.2) is 4.39 Å². The molecule has 0 aliphatic heterocycles. The van der Waals surface area contributed by atoms with E-state index >= 15 is 0 Å². The molecule has 2 aromatic carbocycles. The lowest BCUT2D eigenvalue weighted by atomic mass is 10.0. The van der Waals surface area contributed by atoms with E-state index < -0.39 is 11.6 Å². The Hall–Kier alpha value is -2.11. The van der Waals surface area contributed by atoms with Crippen LogP contribution in [0.25, 0.3) is 0 Å². The molecule has 0 aliphatic rings. The SMILES string of the molecule is CCC(C(=O)NC(C)(C)C)N(Cc1ccc(Cl)cc1Cl)C(=O)Cc1ccc(F)cc1. The van der Waals surface area contributed by atoms with Gasteiger partial charge in [0.25, 0.3) is 0 Å². The van der Waals surface area contributed by atoms with E-state index in [9.17, 15) is 14.0 Å². The van der Waals surface area contributed by atoms with E-state index in [1.54, 1.807) is 30.3 Å². The number of hydrogen-bond acceptors (Lipinski definition) is 2. The smallest absolute Gasteiger partial charge is 0.243 e. The first-order valence-corrected chi connectivity index (χ1v) is 10.6. The van der Waals surface area contributed by atoms with Gasteiger partial charge in [0.2, 0.25) is 11.8 Å². The molecule has 0 saturated heterocycles. The molecule has 1 unspecified atom stereocenters. The third kappa shape index (κ3) is 6.99. The average Bonchev–Trinajstić information content (AvgIpc) is 2.63. The fourth-order valence-corrected chi connectivity index (χ4v) is 3.55. The molecule has 7 heteroatoms. The summed E-state index contributed by atoms with van der Waals surface area (Å²) in [5.74, 6) is -0.849. The van der Waals surface area contributed by atoms with Crippen LogP contribution in [-0.4, -0.2) is 28.3 Å². The molecule has 0 fully saturated rings. The third-order valence-corrected chi connectivity index (χ3v) is 5.10. The number of hydrogen-bond donors (Lipinski definition) is 1. The van der Waals surface area contributed by atoms with Gasteiger partial charge >= 0.3 is 0 Å². The van der Waals surface area contributed by atoms with Crippen molar-refractivity contribution in [2.75, 3.05) is 0 Å². The Bertz CT molecular complexity index is 895. The number of nitrogens with one attached hydrogen (secondary N) is 1. The molecular weight excluding hydrogens is 426 g/mol. The van der Waals surface area contributed by atoms with E-state index in [1.165, 1.54) is 17.0 Å². The number of nitrogens with zero attached hydrogens (tertiary/aromatic N) is 1. The van der Waals surface area contributed by atoms with Crippen LogP contribution >= 0.6 is 23.2 Å². The minimum Gasteiger partial charge on any atom is -0.350 e. The molecule has 0 bridgehead atoms. The predicted molar refractivity (Wildman–Crippen MR) is 119 cm³/mol. The zero-order chi connectivity index (χ0) is 22.5. The number of carbonyl (C=O) groups is 2.